The molecule has 0 spiro atoms. The van der Waals surface area contributed by atoms with Gasteiger partial charge in [0.1, 0.15) is 5.75 Å². The zero-order valence-electron chi connectivity index (χ0n) is 19.5. The number of nitrogens with zero attached hydrogens (tertiary/aromatic N) is 2. The van der Waals surface area contributed by atoms with Crippen LogP contribution in [-0.2, 0) is 5.41 Å². The molecule has 5 rings (SSSR count). The second-order valence-electron chi connectivity index (χ2n) is 10.3. The van der Waals surface area contributed by atoms with E-state index in [1.807, 2.05) is 48.3 Å². The molecule has 0 bridgehead atoms. The Morgan fingerprint density at radius 1 is 1.09 bits per heavy atom. The molecule has 2 aromatic carbocycles. The molecule has 32 heavy (non-hydrogen) atoms. The van der Waals surface area contributed by atoms with E-state index in [1.165, 1.54) is 44.3 Å². The van der Waals surface area contributed by atoms with Crippen LogP contribution in [-0.4, -0.2) is 55.5 Å². The first-order chi connectivity index (χ1) is 15.6. The van der Waals surface area contributed by atoms with Gasteiger partial charge in [0.05, 0.1) is 7.11 Å². The number of rotatable bonds is 6. The first kappa shape index (κ1) is 21.5. The van der Waals surface area contributed by atoms with E-state index in [1.54, 1.807) is 7.11 Å². The standard InChI is InChI=1S/C28H36N2O2/c1-29(27(31)22-7-4-3-5-8-22)25-14-13-24-20-30(19-21-11-12-21)16-15-28(24,18-25)23-9-6-10-26(17-23)32-2/h3-10,17,21,24-25H,11-16,18-20H2,1-2H3. The Morgan fingerprint density at radius 2 is 1.91 bits per heavy atom. The van der Waals surface area contributed by atoms with Gasteiger partial charge in [-0.15, -0.1) is 0 Å². The van der Waals surface area contributed by atoms with E-state index in [2.05, 4.69) is 23.1 Å². The summed E-state index contributed by atoms with van der Waals surface area (Å²) in [6.07, 6.45) is 7.30. The zero-order valence-corrected chi connectivity index (χ0v) is 19.5. The average molecular weight is 433 g/mol. The number of fused-ring (bicyclic) bond motifs is 1. The van der Waals surface area contributed by atoms with E-state index in [-0.39, 0.29) is 17.4 Å². The number of benzene rings is 2. The number of hydrogen-bond acceptors (Lipinski definition) is 3. The molecule has 2 aliphatic carbocycles. The first-order valence-corrected chi connectivity index (χ1v) is 12.3. The second-order valence-corrected chi connectivity index (χ2v) is 10.3. The number of carbonyl (C=O) groups excluding carboxylic acids is 1. The van der Waals surface area contributed by atoms with Gasteiger partial charge in [-0.05, 0) is 86.7 Å². The van der Waals surface area contributed by atoms with E-state index >= 15 is 0 Å². The van der Waals surface area contributed by atoms with Crippen molar-refractivity contribution in [3.63, 3.8) is 0 Å². The molecule has 4 nitrogen and oxygen atoms in total. The van der Waals surface area contributed by atoms with Gasteiger partial charge in [-0.25, -0.2) is 0 Å². The van der Waals surface area contributed by atoms with Gasteiger partial charge in [0.25, 0.3) is 5.91 Å². The van der Waals surface area contributed by atoms with Gasteiger partial charge in [-0.3, -0.25) is 4.79 Å². The number of carbonyl (C=O) groups is 1. The number of ether oxygens (including phenoxy) is 1. The van der Waals surface area contributed by atoms with Crippen LogP contribution in [0, 0.1) is 11.8 Å². The molecule has 1 saturated heterocycles. The molecule has 1 aliphatic heterocycles. The summed E-state index contributed by atoms with van der Waals surface area (Å²) in [7, 11) is 3.75. The van der Waals surface area contributed by atoms with Crippen molar-refractivity contribution in [2.24, 2.45) is 11.8 Å². The highest BCUT2D eigenvalue weighted by molar-refractivity contribution is 5.94. The van der Waals surface area contributed by atoms with Crippen molar-refractivity contribution in [1.82, 2.24) is 9.80 Å². The van der Waals surface area contributed by atoms with Crippen LogP contribution in [0.2, 0.25) is 0 Å². The van der Waals surface area contributed by atoms with Crippen LogP contribution in [0.25, 0.3) is 0 Å². The van der Waals surface area contributed by atoms with Crippen molar-refractivity contribution in [2.45, 2.75) is 50.0 Å². The first-order valence-electron chi connectivity index (χ1n) is 12.3. The predicted molar refractivity (Wildman–Crippen MR) is 128 cm³/mol. The van der Waals surface area contributed by atoms with Gasteiger partial charge in [0.2, 0.25) is 0 Å². The van der Waals surface area contributed by atoms with Gasteiger partial charge >= 0.3 is 0 Å². The third kappa shape index (κ3) is 4.17. The lowest BCUT2D eigenvalue weighted by Gasteiger charge is -2.54. The fraction of sp³-hybridized carbons (Fsp3) is 0.536. The van der Waals surface area contributed by atoms with Crippen LogP contribution in [0.5, 0.6) is 5.75 Å². The minimum atomic E-state index is 0.114. The number of methoxy groups -OCH3 is 1. The van der Waals surface area contributed by atoms with E-state index in [4.69, 9.17) is 4.74 Å². The van der Waals surface area contributed by atoms with Gasteiger partial charge < -0.3 is 14.5 Å². The van der Waals surface area contributed by atoms with Crippen LogP contribution in [0.15, 0.2) is 54.6 Å². The molecular formula is C28H36N2O2. The van der Waals surface area contributed by atoms with Crippen molar-refractivity contribution in [1.29, 1.82) is 0 Å². The van der Waals surface area contributed by atoms with Crippen molar-refractivity contribution < 1.29 is 9.53 Å². The lowest BCUT2D eigenvalue weighted by molar-refractivity contribution is 0.0175. The average Bonchev–Trinajstić information content (AvgIpc) is 3.67. The lowest BCUT2D eigenvalue weighted by atomic mass is 9.57. The summed E-state index contributed by atoms with van der Waals surface area (Å²) in [5.41, 5.74) is 2.30. The molecule has 170 valence electrons. The molecule has 3 aliphatic rings. The maximum Gasteiger partial charge on any atom is 0.253 e. The molecule has 4 heteroatoms. The van der Waals surface area contributed by atoms with Crippen molar-refractivity contribution in [3.8, 4) is 5.75 Å². The molecule has 2 saturated carbocycles. The Bertz CT molecular complexity index is 941. The Balaban J connectivity index is 1.42. The monoisotopic (exact) mass is 432 g/mol. The number of amides is 1. The molecule has 0 N–H and O–H groups in total. The van der Waals surface area contributed by atoms with E-state index in [0.29, 0.717) is 5.92 Å². The predicted octanol–water partition coefficient (Wildman–Crippen LogP) is 4.99. The van der Waals surface area contributed by atoms with Crippen molar-refractivity contribution in [3.05, 3.63) is 65.7 Å². The summed E-state index contributed by atoms with van der Waals surface area (Å²) >= 11 is 0. The van der Waals surface area contributed by atoms with Crippen LogP contribution in [0.1, 0.15) is 54.4 Å². The molecule has 0 aromatic heterocycles. The lowest BCUT2D eigenvalue weighted by Crippen LogP contribution is -2.56. The minimum Gasteiger partial charge on any atom is -0.497 e. The smallest absolute Gasteiger partial charge is 0.253 e. The fourth-order valence-electron chi connectivity index (χ4n) is 6.23. The number of likely N-dealkylation sites (tertiary alicyclic amines) is 1. The van der Waals surface area contributed by atoms with Crippen LogP contribution < -0.4 is 4.74 Å². The molecule has 0 radical (unpaired) electrons. The Kier molecular flexibility index (Phi) is 5.98. The van der Waals surface area contributed by atoms with Gasteiger partial charge in [0.15, 0.2) is 0 Å². The van der Waals surface area contributed by atoms with E-state index < -0.39 is 0 Å². The van der Waals surface area contributed by atoms with Gasteiger partial charge in [-0.2, -0.15) is 0 Å². The van der Waals surface area contributed by atoms with Crippen LogP contribution >= 0.6 is 0 Å². The Hall–Kier alpha value is -2.33. The summed E-state index contributed by atoms with van der Waals surface area (Å²) in [4.78, 5) is 18.0. The summed E-state index contributed by atoms with van der Waals surface area (Å²) in [6.45, 7) is 3.63. The molecule has 3 atom stereocenters. The molecule has 2 aromatic rings. The normalized spacial score (nSPS) is 28.1. The molecular weight excluding hydrogens is 396 g/mol. The molecule has 3 unspecified atom stereocenters. The minimum absolute atomic E-state index is 0.114. The van der Waals surface area contributed by atoms with E-state index in [0.717, 1.165) is 36.6 Å². The maximum atomic E-state index is 13.2. The van der Waals surface area contributed by atoms with Crippen molar-refractivity contribution >= 4 is 5.91 Å². The summed E-state index contributed by atoms with van der Waals surface area (Å²) in [6, 6.07) is 18.7. The summed E-state index contributed by atoms with van der Waals surface area (Å²) in [5, 5.41) is 0. The second kappa shape index (κ2) is 8.90. The molecule has 3 fully saturated rings. The van der Waals surface area contributed by atoms with E-state index in [9.17, 15) is 4.79 Å². The summed E-state index contributed by atoms with van der Waals surface area (Å²) in [5.74, 6) is 2.65. The van der Waals surface area contributed by atoms with Crippen LogP contribution in [0.3, 0.4) is 0 Å². The number of piperidine rings is 1. The highest BCUT2D eigenvalue weighted by atomic mass is 16.5. The molecule has 1 amide bonds. The number of hydrogen-bond donors (Lipinski definition) is 0. The quantitative estimate of drug-likeness (QED) is 0.645. The van der Waals surface area contributed by atoms with Crippen LogP contribution in [0.4, 0.5) is 0 Å². The largest absolute Gasteiger partial charge is 0.497 e. The Morgan fingerprint density at radius 3 is 2.66 bits per heavy atom. The van der Waals surface area contributed by atoms with Crippen molar-refractivity contribution in [2.75, 3.05) is 33.8 Å². The fourth-order valence-corrected chi connectivity index (χ4v) is 6.23. The van der Waals surface area contributed by atoms with Gasteiger partial charge in [0, 0.05) is 37.2 Å². The topological polar surface area (TPSA) is 32.8 Å². The summed E-state index contributed by atoms with van der Waals surface area (Å²) < 4.78 is 5.60. The maximum absolute atomic E-state index is 13.2. The zero-order chi connectivity index (χ0) is 22.1. The SMILES string of the molecule is COc1cccc(C23CCN(CC4CC4)CC2CCC(N(C)C(=O)c2ccccc2)C3)c1. The van der Waals surface area contributed by atoms with Gasteiger partial charge in [-0.1, -0.05) is 30.3 Å². The molecule has 1 heterocycles. The third-order valence-corrected chi connectivity index (χ3v) is 8.33. The Labute approximate surface area is 192 Å². The third-order valence-electron chi connectivity index (χ3n) is 8.33. The highest BCUT2D eigenvalue weighted by Crippen LogP contribution is 2.51. The highest BCUT2D eigenvalue weighted by Gasteiger charge is 2.49.